The SMILES string of the molecule is O=C(CC1CC1)N(CCCl)C1CCCC1. The Morgan fingerprint density at radius 3 is 2.40 bits per heavy atom. The molecule has 2 aliphatic rings. The maximum atomic E-state index is 12.0. The van der Waals surface area contributed by atoms with Crippen LogP contribution in [0.2, 0.25) is 0 Å². The molecule has 0 unspecified atom stereocenters. The normalized spacial score (nSPS) is 21.9. The van der Waals surface area contributed by atoms with E-state index in [4.69, 9.17) is 11.6 Å². The van der Waals surface area contributed by atoms with Gasteiger partial charge in [0.05, 0.1) is 0 Å². The first-order valence-electron chi connectivity index (χ1n) is 6.16. The summed E-state index contributed by atoms with van der Waals surface area (Å²) in [6.07, 6.45) is 8.21. The highest BCUT2D eigenvalue weighted by Crippen LogP contribution is 2.34. The highest BCUT2D eigenvalue weighted by Gasteiger charge is 2.30. The van der Waals surface area contributed by atoms with Crippen LogP contribution < -0.4 is 0 Å². The Labute approximate surface area is 97.0 Å². The number of nitrogens with zero attached hydrogens (tertiary/aromatic N) is 1. The van der Waals surface area contributed by atoms with E-state index < -0.39 is 0 Å². The number of carbonyl (C=O) groups is 1. The molecule has 0 radical (unpaired) electrons. The smallest absolute Gasteiger partial charge is 0.223 e. The van der Waals surface area contributed by atoms with Gasteiger partial charge in [-0.3, -0.25) is 4.79 Å². The topological polar surface area (TPSA) is 20.3 Å². The molecule has 2 nitrogen and oxygen atoms in total. The molecule has 2 saturated carbocycles. The number of halogens is 1. The van der Waals surface area contributed by atoms with Crippen LogP contribution >= 0.6 is 11.6 Å². The summed E-state index contributed by atoms with van der Waals surface area (Å²) < 4.78 is 0. The highest BCUT2D eigenvalue weighted by molar-refractivity contribution is 6.18. The van der Waals surface area contributed by atoms with Crippen LogP contribution in [-0.2, 0) is 4.79 Å². The quantitative estimate of drug-likeness (QED) is 0.664. The predicted molar refractivity (Wildman–Crippen MR) is 62.0 cm³/mol. The van der Waals surface area contributed by atoms with Crippen molar-refractivity contribution in [1.29, 1.82) is 0 Å². The van der Waals surface area contributed by atoms with E-state index in [-0.39, 0.29) is 0 Å². The van der Waals surface area contributed by atoms with E-state index in [1.54, 1.807) is 0 Å². The Kier molecular flexibility index (Phi) is 3.90. The lowest BCUT2D eigenvalue weighted by molar-refractivity contribution is -0.133. The van der Waals surface area contributed by atoms with Crippen LogP contribution in [0.5, 0.6) is 0 Å². The Bertz CT molecular complexity index is 222. The van der Waals surface area contributed by atoms with Crippen molar-refractivity contribution in [3.8, 4) is 0 Å². The number of alkyl halides is 1. The maximum absolute atomic E-state index is 12.0. The predicted octanol–water partition coefficient (Wildman–Crippen LogP) is 2.80. The van der Waals surface area contributed by atoms with Crippen LogP contribution in [0.15, 0.2) is 0 Å². The first-order chi connectivity index (χ1) is 7.31. The van der Waals surface area contributed by atoms with Gasteiger partial charge in [-0.1, -0.05) is 12.8 Å². The van der Waals surface area contributed by atoms with Gasteiger partial charge in [0, 0.05) is 24.9 Å². The van der Waals surface area contributed by atoms with Gasteiger partial charge in [-0.15, -0.1) is 11.6 Å². The standard InChI is InChI=1S/C12H20ClNO/c13-7-8-14(11-3-1-2-4-11)12(15)9-10-5-6-10/h10-11H,1-9H2. The summed E-state index contributed by atoms with van der Waals surface area (Å²) >= 11 is 5.78. The van der Waals surface area contributed by atoms with Crippen LogP contribution in [0.1, 0.15) is 44.9 Å². The molecule has 2 fully saturated rings. The molecule has 0 heterocycles. The molecule has 0 atom stereocenters. The van der Waals surface area contributed by atoms with E-state index >= 15 is 0 Å². The summed E-state index contributed by atoms with van der Waals surface area (Å²) in [6, 6.07) is 0.495. The Hall–Kier alpha value is -0.240. The minimum atomic E-state index is 0.352. The molecule has 15 heavy (non-hydrogen) atoms. The van der Waals surface area contributed by atoms with Gasteiger partial charge in [-0.25, -0.2) is 0 Å². The van der Waals surface area contributed by atoms with Crippen molar-refractivity contribution >= 4 is 17.5 Å². The lowest BCUT2D eigenvalue weighted by Gasteiger charge is -2.28. The Balaban J connectivity index is 1.87. The lowest BCUT2D eigenvalue weighted by Crippen LogP contribution is -2.40. The van der Waals surface area contributed by atoms with Crippen molar-refractivity contribution in [3.05, 3.63) is 0 Å². The van der Waals surface area contributed by atoms with Crippen LogP contribution in [0.3, 0.4) is 0 Å². The van der Waals surface area contributed by atoms with E-state index in [0.717, 1.165) is 13.0 Å². The van der Waals surface area contributed by atoms with Gasteiger partial charge in [0.1, 0.15) is 0 Å². The third kappa shape index (κ3) is 3.10. The molecule has 3 heteroatoms. The second-order valence-corrected chi connectivity index (χ2v) is 5.24. The van der Waals surface area contributed by atoms with Crippen molar-refractivity contribution in [1.82, 2.24) is 4.90 Å². The average Bonchev–Trinajstić information content (AvgIpc) is 2.87. The van der Waals surface area contributed by atoms with E-state index in [1.807, 2.05) is 0 Å². The molecule has 0 aliphatic heterocycles. The number of hydrogen-bond donors (Lipinski definition) is 0. The Morgan fingerprint density at radius 1 is 1.20 bits per heavy atom. The zero-order valence-corrected chi connectivity index (χ0v) is 10.0. The van der Waals surface area contributed by atoms with Gasteiger partial charge in [-0.05, 0) is 31.6 Å². The summed E-state index contributed by atoms with van der Waals surface area (Å²) in [4.78, 5) is 14.1. The van der Waals surface area contributed by atoms with Crippen LogP contribution in [0, 0.1) is 5.92 Å². The van der Waals surface area contributed by atoms with Crippen molar-refractivity contribution in [2.24, 2.45) is 5.92 Å². The fraction of sp³-hybridized carbons (Fsp3) is 0.917. The van der Waals surface area contributed by atoms with Gasteiger partial charge in [0.2, 0.25) is 5.91 Å². The number of rotatable bonds is 5. The lowest BCUT2D eigenvalue weighted by atomic mass is 10.1. The number of amides is 1. The van der Waals surface area contributed by atoms with Gasteiger partial charge < -0.3 is 4.90 Å². The van der Waals surface area contributed by atoms with E-state index in [0.29, 0.717) is 23.7 Å². The van der Waals surface area contributed by atoms with Gasteiger partial charge in [0.15, 0.2) is 0 Å². The molecule has 0 saturated heterocycles. The zero-order chi connectivity index (χ0) is 10.7. The summed E-state index contributed by atoms with van der Waals surface area (Å²) in [5.41, 5.74) is 0. The third-order valence-electron chi connectivity index (χ3n) is 3.57. The second kappa shape index (κ2) is 5.20. The fourth-order valence-electron chi connectivity index (χ4n) is 2.50. The first-order valence-corrected chi connectivity index (χ1v) is 6.70. The maximum Gasteiger partial charge on any atom is 0.223 e. The van der Waals surface area contributed by atoms with Crippen molar-refractivity contribution in [2.45, 2.75) is 51.0 Å². The molecule has 0 aromatic rings. The van der Waals surface area contributed by atoms with Crippen LogP contribution in [0.25, 0.3) is 0 Å². The van der Waals surface area contributed by atoms with E-state index in [2.05, 4.69) is 4.90 Å². The highest BCUT2D eigenvalue weighted by atomic mass is 35.5. The molecule has 0 N–H and O–H groups in total. The van der Waals surface area contributed by atoms with Crippen molar-refractivity contribution in [2.75, 3.05) is 12.4 Å². The average molecular weight is 230 g/mol. The molecular weight excluding hydrogens is 210 g/mol. The summed E-state index contributed by atoms with van der Waals surface area (Å²) in [5.74, 6) is 1.62. The second-order valence-electron chi connectivity index (χ2n) is 4.86. The molecule has 0 spiro atoms. The van der Waals surface area contributed by atoms with E-state index in [9.17, 15) is 4.79 Å². The largest absolute Gasteiger partial charge is 0.339 e. The monoisotopic (exact) mass is 229 g/mol. The number of hydrogen-bond acceptors (Lipinski definition) is 1. The molecular formula is C12H20ClNO. The molecule has 2 aliphatic carbocycles. The zero-order valence-electron chi connectivity index (χ0n) is 9.25. The minimum Gasteiger partial charge on any atom is -0.339 e. The molecule has 0 aromatic carbocycles. The van der Waals surface area contributed by atoms with Gasteiger partial charge in [0.25, 0.3) is 0 Å². The number of carbonyl (C=O) groups excluding carboxylic acids is 1. The molecule has 0 aromatic heterocycles. The molecule has 0 bridgehead atoms. The summed E-state index contributed by atoms with van der Waals surface area (Å²) in [6.45, 7) is 0.748. The van der Waals surface area contributed by atoms with Crippen molar-refractivity contribution in [3.63, 3.8) is 0 Å². The Morgan fingerprint density at radius 2 is 1.87 bits per heavy atom. The van der Waals surface area contributed by atoms with Crippen LogP contribution in [0.4, 0.5) is 0 Å². The summed E-state index contributed by atoms with van der Waals surface area (Å²) in [7, 11) is 0. The van der Waals surface area contributed by atoms with Gasteiger partial charge in [-0.2, -0.15) is 0 Å². The third-order valence-corrected chi connectivity index (χ3v) is 3.74. The van der Waals surface area contributed by atoms with Gasteiger partial charge >= 0.3 is 0 Å². The van der Waals surface area contributed by atoms with Crippen molar-refractivity contribution < 1.29 is 4.79 Å². The fourth-order valence-corrected chi connectivity index (χ4v) is 2.69. The van der Waals surface area contributed by atoms with E-state index in [1.165, 1.54) is 38.5 Å². The summed E-state index contributed by atoms with van der Waals surface area (Å²) in [5, 5.41) is 0. The molecule has 86 valence electrons. The molecule has 1 amide bonds. The first kappa shape index (κ1) is 11.3. The molecule has 2 rings (SSSR count). The van der Waals surface area contributed by atoms with Crippen LogP contribution in [-0.4, -0.2) is 29.3 Å². The minimum absolute atomic E-state index is 0.352.